The van der Waals surface area contributed by atoms with Crippen LogP contribution in [-0.4, -0.2) is 19.0 Å². The van der Waals surface area contributed by atoms with E-state index in [4.69, 9.17) is 4.74 Å². The summed E-state index contributed by atoms with van der Waals surface area (Å²) >= 11 is 0. The highest BCUT2D eigenvalue weighted by Gasteiger charge is 2.20. The summed E-state index contributed by atoms with van der Waals surface area (Å²) in [4.78, 5) is 23.2. The molecule has 0 aromatic heterocycles. The summed E-state index contributed by atoms with van der Waals surface area (Å²) in [6, 6.07) is 11.6. The van der Waals surface area contributed by atoms with Crippen LogP contribution in [0.5, 0.6) is 5.75 Å². The van der Waals surface area contributed by atoms with Gasteiger partial charge in [0.1, 0.15) is 5.75 Å². The smallest absolute Gasteiger partial charge is 0.251 e. The Morgan fingerprint density at radius 3 is 2.16 bits per heavy atom. The van der Waals surface area contributed by atoms with Crippen molar-refractivity contribution in [2.75, 3.05) is 7.11 Å². The minimum Gasteiger partial charge on any atom is -0.545 e. The summed E-state index contributed by atoms with van der Waals surface area (Å²) in [6.07, 6.45) is 0. The van der Waals surface area contributed by atoms with Crippen LogP contribution >= 0.6 is 0 Å². The lowest BCUT2D eigenvalue weighted by Gasteiger charge is -2.22. The topological polar surface area (TPSA) is 78.5 Å². The monoisotopic (exact) mass is 340 g/mol. The van der Waals surface area contributed by atoms with E-state index in [-0.39, 0.29) is 16.9 Å². The fourth-order valence-electron chi connectivity index (χ4n) is 2.48. The highest BCUT2D eigenvalue weighted by atomic mass is 16.5. The second-order valence-electron chi connectivity index (χ2n) is 6.83. The highest BCUT2D eigenvalue weighted by molar-refractivity contribution is 5.94. The van der Waals surface area contributed by atoms with E-state index < -0.39 is 5.97 Å². The number of hydrogen-bond donors (Lipinski definition) is 1. The molecule has 0 bridgehead atoms. The van der Waals surface area contributed by atoms with Crippen molar-refractivity contribution in [1.82, 2.24) is 5.32 Å². The third-order valence-corrected chi connectivity index (χ3v) is 3.91. The molecule has 0 heterocycles. The van der Waals surface area contributed by atoms with E-state index in [1.807, 2.05) is 6.07 Å². The van der Waals surface area contributed by atoms with Gasteiger partial charge in [0.05, 0.1) is 13.1 Å². The maximum atomic E-state index is 12.4. The molecule has 0 spiro atoms. The minimum absolute atomic E-state index is 0.111. The Morgan fingerprint density at radius 1 is 1.04 bits per heavy atom. The van der Waals surface area contributed by atoms with Crippen LogP contribution in [0.25, 0.3) is 0 Å². The predicted octanol–water partition coefficient (Wildman–Crippen LogP) is 2.29. The number of carboxylic acids is 1. The molecule has 2 rings (SSSR count). The van der Waals surface area contributed by atoms with Gasteiger partial charge in [-0.05, 0) is 34.7 Å². The summed E-state index contributed by atoms with van der Waals surface area (Å²) in [6.45, 7) is 6.49. The van der Waals surface area contributed by atoms with Gasteiger partial charge in [-0.3, -0.25) is 4.79 Å². The first-order chi connectivity index (χ1) is 11.7. The molecular formula is C20H22NO4-. The molecule has 132 valence electrons. The maximum Gasteiger partial charge on any atom is 0.251 e. The van der Waals surface area contributed by atoms with Gasteiger partial charge >= 0.3 is 0 Å². The summed E-state index contributed by atoms with van der Waals surface area (Å²) in [5.74, 6) is -0.664. The van der Waals surface area contributed by atoms with Crippen LogP contribution in [0.4, 0.5) is 0 Å². The van der Waals surface area contributed by atoms with E-state index in [0.717, 1.165) is 16.9 Å². The molecule has 0 saturated heterocycles. The molecule has 0 unspecified atom stereocenters. The summed E-state index contributed by atoms with van der Waals surface area (Å²) in [5.41, 5.74) is 2.28. The van der Waals surface area contributed by atoms with Crippen molar-refractivity contribution in [2.24, 2.45) is 0 Å². The van der Waals surface area contributed by atoms with E-state index in [1.54, 1.807) is 31.4 Å². The SMILES string of the molecule is COc1ccc(C(=O)NCc2ccc(C(=O)[O-])cc2)cc1C(C)(C)C. The fraction of sp³-hybridized carbons (Fsp3) is 0.300. The molecule has 0 atom stereocenters. The van der Waals surface area contributed by atoms with Crippen LogP contribution in [0.3, 0.4) is 0 Å². The van der Waals surface area contributed by atoms with Gasteiger partial charge in [0, 0.05) is 17.7 Å². The number of carboxylic acid groups (broad SMARTS) is 1. The molecule has 0 radical (unpaired) electrons. The zero-order chi connectivity index (χ0) is 18.6. The molecule has 2 aromatic rings. The second kappa shape index (κ2) is 7.38. The molecule has 2 aromatic carbocycles. The highest BCUT2D eigenvalue weighted by Crippen LogP contribution is 2.32. The van der Waals surface area contributed by atoms with E-state index in [0.29, 0.717) is 12.1 Å². The Hall–Kier alpha value is -2.82. The van der Waals surface area contributed by atoms with Gasteiger partial charge < -0.3 is 20.0 Å². The van der Waals surface area contributed by atoms with Gasteiger partial charge in [-0.15, -0.1) is 0 Å². The van der Waals surface area contributed by atoms with Crippen LogP contribution in [0.15, 0.2) is 42.5 Å². The van der Waals surface area contributed by atoms with Crippen LogP contribution in [0.2, 0.25) is 0 Å². The molecule has 25 heavy (non-hydrogen) atoms. The molecule has 1 amide bonds. The number of aromatic carboxylic acids is 1. The number of carbonyl (C=O) groups excluding carboxylic acids is 2. The number of carbonyl (C=O) groups is 2. The molecule has 0 aliphatic rings. The Morgan fingerprint density at radius 2 is 1.64 bits per heavy atom. The Labute approximate surface area is 147 Å². The normalized spacial score (nSPS) is 11.0. The number of amides is 1. The third kappa shape index (κ3) is 4.59. The zero-order valence-electron chi connectivity index (χ0n) is 14.9. The van der Waals surface area contributed by atoms with E-state index >= 15 is 0 Å². The van der Waals surface area contributed by atoms with Crippen LogP contribution in [0.1, 0.15) is 52.6 Å². The van der Waals surface area contributed by atoms with Gasteiger partial charge in [0.15, 0.2) is 0 Å². The average molecular weight is 340 g/mol. The van der Waals surface area contributed by atoms with E-state index in [1.165, 1.54) is 12.1 Å². The van der Waals surface area contributed by atoms with E-state index in [9.17, 15) is 14.7 Å². The summed E-state index contributed by atoms with van der Waals surface area (Å²) in [5, 5.41) is 13.6. The first-order valence-corrected chi connectivity index (χ1v) is 7.99. The largest absolute Gasteiger partial charge is 0.545 e. The molecule has 0 fully saturated rings. The molecule has 0 aliphatic heterocycles. The van der Waals surface area contributed by atoms with Crippen molar-refractivity contribution in [1.29, 1.82) is 0 Å². The zero-order valence-corrected chi connectivity index (χ0v) is 14.9. The standard InChI is InChI=1S/C20H23NO4/c1-20(2,3)16-11-15(9-10-17(16)25-4)18(22)21-12-13-5-7-14(8-6-13)19(23)24/h5-11H,12H2,1-4H3,(H,21,22)(H,23,24)/p-1. The lowest BCUT2D eigenvalue weighted by atomic mass is 9.85. The van der Waals surface area contributed by atoms with Crippen LogP contribution < -0.4 is 15.2 Å². The van der Waals surface area contributed by atoms with Crippen molar-refractivity contribution in [3.05, 3.63) is 64.7 Å². The van der Waals surface area contributed by atoms with Crippen molar-refractivity contribution < 1.29 is 19.4 Å². The summed E-state index contributed by atoms with van der Waals surface area (Å²) in [7, 11) is 1.61. The van der Waals surface area contributed by atoms with Crippen molar-refractivity contribution in [2.45, 2.75) is 32.7 Å². The first kappa shape index (κ1) is 18.5. The number of rotatable bonds is 5. The summed E-state index contributed by atoms with van der Waals surface area (Å²) < 4.78 is 5.38. The Bertz CT molecular complexity index is 773. The number of hydrogen-bond acceptors (Lipinski definition) is 4. The van der Waals surface area contributed by atoms with Crippen LogP contribution in [-0.2, 0) is 12.0 Å². The Balaban J connectivity index is 2.11. The molecule has 0 saturated carbocycles. The molecular weight excluding hydrogens is 318 g/mol. The maximum absolute atomic E-state index is 12.4. The number of nitrogens with one attached hydrogen (secondary N) is 1. The Kier molecular flexibility index (Phi) is 5.47. The van der Waals surface area contributed by atoms with Gasteiger partial charge in [-0.25, -0.2) is 0 Å². The van der Waals surface area contributed by atoms with Crippen LogP contribution in [0, 0.1) is 0 Å². The molecule has 5 heteroatoms. The quantitative estimate of drug-likeness (QED) is 0.906. The third-order valence-electron chi connectivity index (χ3n) is 3.91. The number of methoxy groups -OCH3 is 1. The van der Waals surface area contributed by atoms with Gasteiger partial charge in [0.25, 0.3) is 5.91 Å². The van der Waals surface area contributed by atoms with Crippen molar-refractivity contribution >= 4 is 11.9 Å². The lowest BCUT2D eigenvalue weighted by Crippen LogP contribution is -2.24. The minimum atomic E-state index is -1.22. The van der Waals surface area contributed by atoms with Crippen molar-refractivity contribution in [3.63, 3.8) is 0 Å². The molecule has 0 aliphatic carbocycles. The fourth-order valence-corrected chi connectivity index (χ4v) is 2.48. The van der Waals surface area contributed by atoms with Gasteiger partial charge in [-0.2, -0.15) is 0 Å². The lowest BCUT2D eigenvalue weighted by molar-refractivity contribution is -0.255. The number of benzene rings is 2. The second-order valence-corrected chi connectivity index (χ2v) is 6.83. The first-order valence-electron chi connectivity index (χ1n) is 7.99. The predicted molar refractivity (Wildman–Crippen MR) is 93.6 cm³/mol. The average Bonchev–Trinajstić information content (AvgIpc) is 2.58. The van der Waals surface area contributed by atoms with Crippen molar-refractivity contribution in [3.8, 4) is 5.75 Å². The number of ether oxygens (including phenoxy) is 1. The van der Waals surface area contributed by atoms with Gasteiger partial charge in [-0.1, -0.05) is 45.0 Å². The van der Waals surface area contributed by atoms with E-state index in [2.05, 4.69) is 26.1 Å². The van der Waals surface area contributed by atoms with Gasteiger partial charge in [0.2, 0.25) is 0 Å². The molecule has 5 nitrogen and oxygen atoms in total. The molecule has 1 N–H and O–H groups in total.